The second kappa shape index (κ2) is 5.10. The van der Waals surface area contributed by atoms with Crippen LogP contribution < -0.4 is 5.73 Å². The van der Waals surface area contributed by atoms with E-state index in [1.54, 1.807) is 11.5 Å². The van der Waals surface area contributed by atoms with Gasteiger partial charge in [0, 0.05) is 0 Å². The summed E-state index contributed by atoms with van der Waals surface area (Å²) >= 11 is 0. The fraction of sp³-hybridized carbons (Fsp3) is 0.500. The van der Waals surface area contributed by atoms with Crippen molar-refractivity contribution >= 4 is 24.6 Å². The lowest BCUT2D eigenvalue weighted by Gasteiger charge is -2.30. The van der Waals surface area contributed by atoms with Gasteiger partial charge in [0.15, 0.2) is 17.8 Å². The van der Waals surface area contributed by atoms with Gasteiger partial charge in [0.25, 0.3) is 0 Å². The maximum absolute atomic E-state index is 11.0. The second-order valence-electron chi connectivity index (χ2n) is 4.51. The van der Waals surface area contributed by atoms with Crippen LogP contribution in [0.4, 0.5) is 5.82 Å². The van der Waals surface area contributed by atoms with Gasteiger partial charge in [-0.2, -0.15) is 0 Å². The molecule has 10 heteroatoms. The molecule has 0 aromatic carbocycles. The topological polar surface area (TPSA) is 136 Å². The first-order valence-electron chi connectivity index (χ1n) is 5.89. The van der Waals surface area contributed by atoms with E-state index >= 15 is 0 Å². The molecule has 0 spiro atoms. The number of hydrogen-bond acceptors (Lipinski definition) is 6. The van der Waals surface area contributed by atoms with Crippen molar-refractivity contribution in [3.63, 3.8) is 0 Å². The molecule has 0 radical (unpaired) electrons. The van der Waals surface area contributed by atoms with Gasteiger partial charge in [-0.25, -0.2) is 15.0 Å². The van der Waals surface area contributed by atoms with Gasteiger partial charge in [-0.1, -0.05) is 6.92 Å². The molecule has 0 bridgehead atoms. The lowest BCUT2D eigenvalue weighted by atomic mass is 10.2. The number of rotatable bonds is 5. The molecule has 0 aliphatic heterocycles. The van der Waals surface area contributed by atoms with Crippen LogP contribution in [0, 0.1) is 0 Å². The van der Waals surface area contributed by atoms with Crippen molar-refractivity contribution in [1.82, 2.24) is 19.5 Å². The Morgan fingerprint density at radius 3 is 2.75 bits per heavy atom. The van der Waals surface area contributed by atoms with E-state index in [0.29, 0.717) is 17.6 Å². The fourth-order valence-corrected chi connectivity index (χ4v) is 2.21. The van der Waals surface area contributed by atoms with Gasteiger partial charge in [-0.15, -0.1) is 0 Å². The molecule has 0 aliphatic carbocycles. The van der Waals surface area contributed by atoms with Gasteiger partial charge in [-0.05, 0) is 13.3 Å². The highest BCUT2D eigenvalue weighted by molar-refractivity contribution is 7.51. The van der Waals surface area contributed by atoms with Crippen LogP contribution in [0.3, 0.4) is 0 Å². The molecule has 2 aromatic rings. The van der Waals surface area contributed by atoms with Crippen LogP contribution in [0.1, 0.15) is 20.3 Å². The number of ether oxygens (including phenoxy) is 1. The molecule has 0 saturated heterocycles. The maximum Gasteiger partial charge on any atom is 0.351 e. The zero-order valence-corrected chi connectivity index (χ0v) is 12.0. The van der Waals surface area contributed by atoms with Crippen LogP contribution in [-0.2, 0) is 15.0 Å². The minimum absolute atomic E-state index is 0.238. The number of anilines is 1. The Morgan fingerprint density at radius 2 is 2.15 bits per heavy atom. The number of nitrogens with two attached hydrogens (primary N) is 1. The lowest BCUT2D eigenvalue weighted by Crippen LogP contribution is -2.32. The van der Waals surface area contributed by atoms with Gasteiger partial charge in [0.2, 0.25) is 0 Å². The summed E-state index contributed by atoms with van der Waals surface area (Å²) in [7, 11) is -4.26. The van der Waals surface area contributed by atoms with Crippen LogP contribution >= 0.6 is 7.60 Å². The van der Waals surface area contributed by atoms with Crippen LogP contribution in [0.15, 0.2) is 12.7 Å². The van der Waals surface area contributed by atoms with Crippen molar-refractivity contribution in [3.8, 4) is 0 Å². The van der Waals surface area contributed by atoms with Crippen molar-refractivity contribution in [3.05, 3.63) is 12.7 Å². The van der Waals surface area contributed by atoms with E-state index in [9.17, 15) is 4.57 Å². The quantitative estimate of drug-likeness (QED) is 0.684. The number of fused-ring (bicyclic) bond motifs is 1. The predicted molar refractivity (Wildman–Crippen MR) is 71.7 cm³/mol. The third kappa shape index (κ3) is 2.80. The molecular formula is C10H16N5O4P. The monoisotopic (exact) mass is 301 g/mol. The predicted octanol–water partition coefficient (Wildman–Crippen LogP) is 0.643. The molecular weight excluding hydrogens is 285 g/mol. The Hall–Kier alpha value is -1.54. The van der Waals surface area contributed by atoms with E-state index in [4.69, 9.17) is 20.3 Å². The van der Waals surface area contributed by atoms with E-state index < -0.39 is 19.7 Å². The van der Waals surface area contributed by atoms with E-state index in [1.807, 2.05) is 6.92 Å². The van der Waals surface area contributed by atoms with Crippen molar-refractivity contribution in [2.24, 2.45) is 0 Å². The number of hydrogen-bond donors (Lipinski definition) is 3. The first-order valence-corrected chi connectivity index (χ1v) is 7.69. The minimum atomic E-state index is -4.26. The number of imidazole rings is 1. The summed E-state index contributed by atoms with van der Waals surface area (Å²) in [6.45, 7) is 3.53. The number of nitrogen functional groups attached to an aromatic ring is 1. The molecule has 1 atom stereocenters. The average Bonchev–Trinajstić information content (AvgIpc) is 2.81. The van der Waals surface area contributed by atoms with Crippen molar-refractivity contribution in [1.29, 1.82) is 0 Å². The third-order valence-electron chi connectivity index (χ3n) is 3.07. The van der Waals surface area contributed by atoms with Gasteiger partial charge < -0.3 is 20.3 Å². The smallest absolute Gasteiger partial charge is 0.351 e. The summed E-state index contributed by atoms with van der Waals surface area (Å²) in [4.78, 5) is 29.9. The normalized spacial score (nSPS) is 15.4. The first-order chi connectivity index (χ1) is 9.27. The van der Waals surface area contributed by atoms with Gasteiger partial charge in [0.1, 0.15) is 17.6 Å². The summed E-state index contributed by atoms with van der Waals surface area (Å²) in [5.41, 5.74) is 5.59. The van der Waals surface area contributed by atoms with E-state index in [-0.39, 0.29) is 5.82 Å². The lowest BCUT2D eigenvalue weighted by molar-refractivity contribution is -0.0776. The molecule has 2 heterocycles. The van der Waals surface area contributed by atoms with Gasteiger partial charge in [0.05, 0.1) is 6.33 Å². The van der Waals surface area contributed by atoms with Crippen LogP contribution in [0.5, 0.6) is 0 Å². The largest absolute Gasteiger partial charge is 0.382 e. The number of aromatic nitrogens is 4. The van der Waals surface area contributed by atoms with E-state index in [0.717, 1.165) is 0 Å². The highest BCUT2D eigenvalue weighted by atomic mass is 31.2. The van der Waals surface area contributed by atoms with Gasteiger partial charge in [-0.3, -0.25) is 9.13 Å². The van der Waals surface area contributed by atoms with Crippen molar-refractivity contribution in [2.45, 2.75) is 26.0 Å². The molecule has 0 aliphatic rings. The highest BCUT2D eigenvalue weighted by Crippen LogP contribution is 2.38. The summed E-state index contributed by atoms with van der Waals surface area (Å²) in [6, 6.07) is 0. The molecule has 9 nitrogen and oxygen atoms in total. The molecule has 110 valence electrons. The summed E-state index contributed by atoms with van der Waals surface area (Å²) in [6.07, 6.45) is 2.55. The summed E-state index contributed by atoms with van der Waals surface area (Å²) < 4.78 is 18.0. The van der Waals surface area contributed by atoms with Crippen LogP contribution in [0.25, 0.3) is 11.2 Å². The van der Waals surface area contributed by atoms with Crippen LogP contribution in [0.2, 0.25) is 0 Å². The Labute approximate surface area is 115 Å². The third-order valence-corrected chi connectivity index (χ3v) is 3.54. The molecule has 0 amide bonds. The van der Waals surface area contributed by atoms with E-state index in [2.05, 4.69) is 15.0 Å². The Kier molecular flexibility index (Phi) is 3.79. The van der Waals surface area contributed by atoms with E-state index in [1.165, 1.54) is 12.7 Å². The SMILES string of the molecule is CCC(C)(OCP(=O)(O)O)n1cnc2c(N)ncnc21. The highest BCUT2D eigenvalue weighted by Gasteiger charge is 2.31. The van der Waals surface area contributed by atoms with Gasteiger partial charge >= 0.3 is 7.60 Å². The summed E-state index contributed by atoms with van der Waals surface area (Å²) in [5.74, 6) is 0.238. The number of nitrogens with zero attached hydrogens (tertiary/aromatic N) is 4. The zero-order valence-electron chi connectivity index (χ0n) is 11.1. The molecule has 1 unspecified atom stereocenters. The summed E-state index contributed by atoms with van der Waals surface area (Å²) in [5, 5.41) is 0. The van der Waals surface area contributed by atoms with Crippen LogP contribution in [-0.4, -0.2) is 35.7 Å². The fourth-order valence-electron chi connectivity index (χ4n) is 1.76. The first kappa shape index (κ1) is 14.9. The minimum Gasteiger partial charge on any atom is -0.382 e. The molecule has 20 heavy (non-hydrogen) atoms. The Balaban J connectivity index is 2.43. The maximum atomic E-state index is 11.0. The molecule has 4 N–H and O–H groups in total. The molecule has 2 aromatic heterocycles. The Bertz CT molecular complexity index is 669. The molecule has 2 rings (SSSR count). The molecule has 0 fully saturated rings. The standard InChI is InChI=1S/C10H16N5O4P/c1-3-10(2,19-6-20(16,17)18)15-5-14-7-8(11)12-4-13-9(7)15/h4-5H,3,6H2,1-2H3,(H2,11,12,13)(H2,16,17,18). The second-order valence-corrected chi connectivity index (χ2v) is 6.10. The van der Waals surface area contributed by atoms with Crippen molar-refractivity contribution < 1.29 is 19.1 Å². The molecule has 0 saturated carbocycles. The Morgan fingerprint density at radius 1 is 1.45 bits per heavy atom. The average molecular weight is 301 g/mol. The van der Waals surface area contributed by atoms with Crippen molar-refractivity contribution in [2.75, 3.05) is 12.1 Å². The zero-order chi connectivity index (χ0) is 15.0.